The summed E-state index contributed by atoms with van der Waals surface area (Å²) in [6.45, 7) is 4.26. The molecule has 1 rings (SSSR count). The first-order chi connectivity index (χ1) is 7.27. The number of thiophene rings is 1. The van der Waals surface area contributed by atoms with E-state index in [0.717, 1.165) is 18.4 Å². The third-order valence-electron chi connectivity index (χ3n) is 2.15. The summed E-state index contributed by atoms with van der Waals surface area (Å²) in [5, 5.41) is 9.41. The van der Waals surface area contributed by atoms with Gasteiger partial charge in [0, 0.05) is 11.1 Å². The smallest absolute Gasteiger partial charge is 0.0250 e. The minimum Gasteiger partial charge on any atom is -0.308 e. The summed E-state index contributed by atoms with van der Waals surface area (Å²) in [6.07, 6.45) is 9.84. The summed E-state index contributed by atoms with van der Waals surface area (Å²) < 4.78 is 0. The quantitative estimate of drug-likeness (QED) is 0.559. The van der Waals surface area contributed by atoms with Gasteiger partial charge in [0.1, 0.15) is 0 Å². The van der Waals surface area contributed by atoms with Crippen LogP contribution in [0.1, 0.15) is 30.2 Å². The zero-order valence-corrected chi connectivity index (χ0v) is 10.1. The molecule has 0 aliphatic carbocycles. The lowest BCUT2D eigenvalue weighted by Crippen LogP contribution is -1.79. The first kappa shape index (κ1) is 11.9. The predicted octanol–water partition coefficient (Wildman–Crippen LogP) is 4.45. The number of aryl methyl sites for hydroxylation is 1. The van der Waals surface area contributed by atoms with Crippen molar-refractivity contribution in [1.82, 2.24) is 0 Å². The van der Waals surface area contributed by atoms with Crippen LogP contribution in [0.2, 0.25) is 0 Å². The van der Waals surface area contributed by atoms with Crippen molar-refractivity contribution < 1.29 is 0 Å². The molecular formula is C13H17NS. The number of rotatable bonds is 5. The van der Waals surface area contributed by atoms with Gasteiger partial charge in [-0.3, -0.25) is 0 Å². The lowest BCUT2D eigenvalue weighted by atomic mass is 10.1. The molecule has 0 fully saturated rings. The van der Waals surface area contributed by atoms with E-state index in [0.29, 0.717) is 0 Å². The Kier molecular flexibility index (Phi) is 5.05. The lowest BCUT2D eigenvalue weighted by Gasteiger charge is -1.94. The van der Waals surface area contributed by atoms with Crippen LogP contribution < -0.4 is 0 Å². The highest BCUT2D eigenvalue weighted by molar-refractivity contribution is 7.10. The van der Waals surface area contributed by atoms with E-state index in [1.54, 1.807) is 11.3 Å². The number of nitrogens with one attached hydrogen (secondary N) is 1. The van der Waals surface area contributed by atoms with Crippen LogP contribution in [0.5, 0.6) is 0 Å². The van der Waals surface area contributed by atoms with Gasteiger partial charge in [-0.2, -0.15) is 0 Å². The largest absolute Gasteiger partial charge is 0.308 e. The van der Waals surface area contributed by atoms with Gasteiger partial charge in [0.05, 0.1) is 0 Å². The van der Waals surface area contributed by atoms with Crippen LogP contribution in [0, 0.1) is 12.3 Å². The summed E-state index contributed by atoms with van der Waals surface area (Å²) >= 11 is 1.74. The Labute approximate surface area is 95.7 Å². The van der Waals surface area contributed by atoms with Crippen LogP contribution in [0.3, 0.4) is 0 Å². The molecule has 0 unspecified atom stereocenters. The topological polar surface area (TPSA) is 23.9 Å². The van der Waals surface area contributed by atoms with Crippen molar-refractivity contribution in [2.75, 3.05) is 0 Å². The number of hydrogen-bond acceptors (Lipinski definition) is 2. The second-order valence-corrected chi connectivity index (χ2v) is 4.53. The first-order valence-electron chi connectivity index (χ1n) is 5.20. The van der Waals surface area contributed by atoms with Gasteiger partial charge in [0.25, 0.3) is 0 Å². The van der Waals surface area contributed by atoms with Crippen molar-refractivity contribution in [3.05, 3.63) is 39.6 Å². The van der Waals surface area contributed by atoms with Crippen molar-refractivity contribution in [2.45, 2.75) is 26.7 Å². The Balaban J connectivity index is 2.78. The third-order valence-corrected chi connectivity index (χ3v) is 3.01. The lowest BCUT2D eigenvalue weighted by molar-refractivity contribution is 0.958. The molecule has 0 saturated heterocycles. The van der Waals surface area contributed by atoms with Crippen molar-refractivity contribution in [3.63, 3.8) is 0 Å². The maximum absolute atomic E-state index is 7.33. The van der Waals surface area contributed by atoms with Gasteiger partial charge in [-0.15, -0.1) is 11.3 Å². The van der Waals surface area contributed by atoms with Crippen molar-refractivity contribution in [2.24, 2.45) is 0 Å². The molecule has 1 heterocycles. The van der Waals surface area contributed by atoms with Crippen LogP contribution in [0.25, 0.3) is 6.08 Å². The molecule has 1 nitrogen and oxygen atoms in total. The van der Waals surface area contributed by atoms with Crippen molar-refractivity contribution >= 4 is 23.6 Å². The van der Waals surface area contributed by atoms with Crippen molar-refractivity contribution in [1.29, 1.82) is 5.41 Å². The summed E-state index contributed by atoms with van der Waals surface area (Å²) in [5.41, 5.74) is 2.18. The normalized spacial score (nSPS) is 12.3. The minimum absolute atomic E-state index is 0.963. The molecule has 0 radical (unpaired) electrons. The molecule has 0 amide bonds. The summed E-state index contributed by atoms with van der Waals surface area (Å²) in [5.74, 6) is 0. The second-order valence-electron chi connectivity index (χ2n) is 3.41. The molecule has 0 saturated carbocycles. The van der Waals surface area contributed by atoms with Crippen molar-refractivity contribution in [3.8, 4) is 0 Å². The Morgan fingerprint density at radius 1 is 1.53 bits per heavy atom. The highest BCUT2D eigenvalue weighted by atomic mass is 32.1. The molecule has 1 N–H and O–H groups in total. The molecule has 0 aromatic carbocycles. The molecule has 2 heteroatoms. The molecule has 0 aliphatic rings. The molecule has 0 atom stereocenters. The number of hydrogen-bond donors (Lipinski definition) is 1. The molecule has 0 bridgehead atoms. The summed E-state index contributed by atoms with van der Waals surface area (Å²) in [4.78, 5) is 1.30. The SMILES string of the molecule is CCC/C=C/C(C=N)=C\c1ccsc1C. The average Bonchev–Trinajstić information content (AvgIpc) is 2.63. The monoisotopic (exact) mass is 219 g/mol. The van der Waals surface area contributed by atoms with E-state index in [2.05, 4.69) is 37.4 Å². The molecule has 0 spiro atoms. The van der Waals surface area contributed by atoms with Gasteiger partial charge in [-0.05, 0) is 42.0 Å². The minimum atomic E-state index is 0.963. The fourth-order valence-corrected chi connectivity index (χ4v) is 1.93. The maximum Gasteiger partial charge on any atom is 0.0250 e. The molecule has 1 aromatic rings. The van der Waals surface area contributed by atoms with Crippen LogP contribution >= 0.6 is 11.3 Å². The second kappa shape index (κ2) is 6.36. The van der Waals surface area contributed by atoms with E-state index >= 15 is 0 Å². The number of unbranched alkanes of at least 4 members (excludes halogenated alkanes) is 1. The van der Waals surface area contributed by atoms with Gasteiger partial charge in [-0.25, -0.2) is 0 Å². The van der Waals surface area contributed by atoms with E-state index < -0.39 is 0 Å². The van der Waals surface area contributed by atoms with E-state index in [1.807, 2.05) is 6.08 Å². The standard InChI is InChI=1S/C13H17NS/c1-3-4-5-6-12(10-14)9-13-7-8-15-11(13)2/h5-10,14H,3-4H2,1-2H3/b6-5+,12-9+,14-10?. The Hall–Kier alpha value is -1.15. The Morgan fingerprint density at radius 3 is 2.87 bits per heavy atom. The summed E-state index contributed by atoms with van der Waals surface area (Å²) in [7, 11) is 0. The van der Waals surface area contributed by atoms with E-state index in [-0.39, 0.29) is 0 Å². The van der Waals surface area contributed by atoms with E-state index in [9.17, 15) is 0 Å². The molecule has 1 aromatic heterocycles. The number of allylic oxidation sites excluding steroid dienone is 3. The van der Waals surface area contributed by atoms with Gasteiger partial charge in [-0.1, -0.05) is 25.5 Å². The van der Waals surface area contributed by atoms with E-state index in [4.69, 9.17) is 5.41 Å². The highest BCUT2D eigenvalue weighted by Crippen LogP contribution is 2.18. The van der Waals surface area contributed by atoms with Gasteiger partial charge < -0.3 is 5.41 Å². The van der Waals surface area contributed by atoms with Crippen LogP contribution in [0.15, 0.2) is 29.2 Å². The molecule has 15 heavy (non-hydrogen) atoms. The Morgan fingerprint density at radius 2 is 2.33 bits per heavy atom. The molecule has 80 valence electrons. The highest BCUT2D eigenvalue weighted by Gasteiger charge is 1.95. The van der Waals surface area contributed by atoms with E-state index in [1.165, 1.54) is 16.7 Å². The summed E-state index contributed by atoms with van der Waals surface area (Å²) in [6, 6.07) is 2.09. The fraction of sp³-hybridized carbons (Fsp3) is 0.308. The van der Waals surface area contributed by atoms with Gasteiger partial charge >= 0.3 is 0 Å². The maximum atomic E-state index is 7.33. The van der Waals surface area contributed by atoms with Crippen LogP contribution in [0.4, 0.5) is 0 Å². The molecular weight excluding hydrogens is 202 g/mol. The predicted molar refractivity (Wildman–Crippen MR) is 69.9 cm³/mol. The first-order valence-corrected chi connectivity index (χ1v) is 6.08. The zero-order valence-electron chi connectivity index (χ0n) is 9.29. The van der Waals surface area contributed by atoms with Gasteiger partial charge in [0.2, 0.25) is 0 Å². The zero-order chi connectivity index (χ0) is 11.1. The molecule has 0 aliphatic heterocycles. The van der Waals surface area contributed by atoms with Crippen LogP contribution in [-0.2, 0) is 0 Å². The van der Waals surface area contributed by atoms with Gasteiger partial charge in [0.15, 0.2) is 0 Å². The van der Waals surface area contributed by atoms with Crippen LogP contribution in [-0.4, -0.2) is 6.21 Å². The Bertz CT molecular complexity index is 372. The third kappa shape index (κ3) is 3.84. The fourth-order valence-electron chi connectivity index (χ4n) is 1.25. The average molecular weight is 219 g/mol.